The summed E-state index contributed by atoms with van der Waals surface area (Å²) in [6.07, 6.45) is 3.24. The van der Waals surface area contributed by atoms with Crippen LogP contribution in [-0.4, -0.2) is 25.8 Å². The molecule has 8 nitrogen and oxygen atoms in total. The molecular formula is C24H18ClN7O. The van der Waals surface area contributed by atoms with Gasteiger partial charge in [-0.25, -0.2) is 19.4 Å². The van der Waals surface area contributed by atoms with Gasteiger partial charge in [0, 0.05) is 11.4 Å². The van der Waals surface area contributed by atoms with Crippen molar-refractivity contribution in [1.82, 2.24) is 19.7 Å². The van der Waals surface area contributed by atoms with Crippen LogP contribution >= 0.6 is 11.6 Å². The molecule has 2 heterocycles. The second kappa shape index (κ2) is 8.97. The Kier molecular flexibility index (Phi) is 5.57. The number of carbonyl (C=O) groups excluding carboxylic acids is 1. The highest BCUT2D eigenvalue weighted by atomic mass is 35.5. The van der Waals surface area contributed by atoms with Gasteiger partial charge in [-0.2, -0.15) is 5.10 Å². The summed E-state index contributed by atoms with van der Waals surface area (Å²) in [5, 5.41) is 14.5. The van der Waals surface area contributed by atoms with Gasteiger partial charge < -0.3 is 16.0 Å². The van der Waals surface area contributed by atoms with Crippen LogP contribution in [0.15, 0.2) is 91.4 Å². The number of fused-ring (bicyclic) bond motifs is 1. The van der Waals surface area contributed by atoms with Crippen molar-refractivity contribution in [2.45, 2.75) is 0 Å². The van der Waals surface area contributed by atoms with Gasteiger partial charge in [0.25, 0.3) is 0 Å². The van der Waals surface area contributed by atoms with Crippen molar-refractivity contribution in [3.05, 3.63) is 96.4 Å². The third kappa shape index (κ3) is 4.46. The second-order valence-electron chi connectivity index (χ2n) is 7.11. The van der Waals surface area contributed by atoms with E-state index in [-0.39, 0.29) is 6.03 Å². The van der Waals surface area contributed by atoms with Crippen LogP contribution < -0.4 is 16.0 Å². The van der Waals surface area contributed by atoms with Crippen LogP contribution in [0.5, 0.6) is 0 Å². The van der Waals surface area contributed by atoms with Crippen molar-refractivity contribution in [3.8, 4) is 5.69 Å². The molecule has 5 rings (SSSR count). The quantitative estimate of drug-likeness (QED) is 0.308. The first-order chi connectivity index (χ1) is 16.2. The monoisotopic (exact) mass is 455 g/mol. The molecule has 2 amide bonds. The molecule has 33 heavy (non-hydrogen) atoms. The predicted octanol–water partition coefficient (Wildman–Crippen LogP) is 5.86. The number of halogens is 1. The lowest BCUT2D eigenvalue weighted by Crippen LogP contribution is -2.19. The van der Waals surface area contributed by atoms with Crippen LogP contribution in [0.2, 0.25) is 5.02 Å². The number of anilines is 4. The number of hydrogen-bond acceptors (Lipinski definition) is 5. The standard InChI is InChI=1S/C24H18ClN7O/c25-20-8-4-5-9-21(20)31-24(33)30-17-12-10-16(11-13-17)29-22-19-14-28-32(23(19)27-15-26-22)18-6-2-1-3-7-18/h1-15H,(H,26,27,29)(H2,30,31,33). The van der Waals surface area contributed by atoms with Gasteiger partial charge in [-0.15, -0.1) is 0 Å². The number of hydrogen-bond donors (Lipinski definition) is 3. The van der Waals surface area contributed by atoms with Crippen molar-refractivity contribution < 1.29 is 4.79 Å². The molecule has 0 bridgehead atoms. The average molecular weight is 456 g/mol. The van der Waals surface area contributed by atoms with Crippen molar-refractivity contribution in [2.75, 3.05) is 16.0 Å². The first kappa shape index (κ1) is 20.5. The molecule has 162 valence electrons. The fourth-order valence-electron chi connectivity index (χ4n) is 3.32. The molecule has 3 aromatic carbocycles. The van der Waals surface area contributed by atoms with E-state index in [0.717, 1.165) is 16.8 Å². The molecule has 0 radical (unpaired) electrons. The third-order valence-electron chi connectivity index (χ3n) is 4.89. The fourth-order valence-corrected chi connectivity index (χ4v) is 3.51. The lowest BCUT2D eigenvalue weighted by Gasteiger charge is -2.10. The second-order valence-corrected chi connectivity index (χ2v) is 7.52. The zero-order valence-electron chi connectivity index (χ0n) is 17.2. The Morgan fingerprint density at radius 1 is 0.818 bits per heavy atom. The first-order valence-electron chi connectivity index (χ1n) is 10.1. The molecule has 5 aromatic rings. The normalized spacial score (nSPS) is 10.7. The minimum atomic E-state index is -0.380. The van der Waals surface area contributed by atoms with Gasteiger partial charge in [0.05, 0.1) is 28.0 Å². The van der Waals surface area contributed by atoms with Gasteiger partial charge in [-0.3, -0.25) is 0 Å². The first-order valence-corrected chi connectivity index (χ1v) is 10.5. The van der Waals surface area contributed by atoms with Crippen LogP contribution in [0.25, 0.3) is 16.7 Å². The number of benzene rings is 3. The van der Waals surface area contributed by atoms with Crippen LogP contribution in [-0.2, 0) is 0 Å². The van der Waals surface area contributed by atoms with E-state index in [1.54, 1.807) is 47.3 Å². The summed E-state index contributed by atoms with van der Waals surface area (Å²) in [5.74, 6) is 0.638. The number of carbonyl (C=O) groups is 1. The molecule has 0 aliphatic heterocycles. The molecule has 2 aromatic heterocycles. The van der Waals surface area contributed by atoms with E-state index in [2.05, 4.69) is 31.0 Å². The van der Waals surface area contributed by atoms with Crippen LogP contribution in [0.1, 0.15) is 0 Å². The van der Waals surface area contributed by atoms with Crippen molar-refractivity contribution in [2.24, 2.45) is 0 Å². The maximum absolute atomic E-state index is 12.3. The van der Waals surface area contributed by atoms with E-state index in [0.29, 0.717) is 27.9 Å². The summed E-state index contributed by atoms with van der Waals surface area (Å²) >= 11 is 6.08. The van der Waals surface area contributed by atoms with Gasteiger partial charge in [-0.1, -0.05) is 41.9 Å². The minimum Gasteiger partial charge on any atom is -0.340 e. The Morgan fingerprint density at radius 3 is 2.33 bits per heavy atom. The lowest BCUT2D eigenvalue weighted by molar-refractivity contribution is 0.262. The number of amides is 2. The van der Waals surface area contributed by atoms with Gasteiger partial charge in [0.15, 0.2) is 5.65 Å². The van der Waals surface area contributed by atoms with Crippen LogP contribution in [0, 0.1) is 0 Å². The third-order valence-corrected chi connectivity index (χ3v) is 5.22. The van der Waals surface area contributed by atoms with Crippen LogP contribution in [0.3, 0.4) is 0 Å². The summed E-state index contributed by atoms with van der Waals surface area (Å²) in [6, 6.07) is 23.7. The molecular weight excluding hydrogens is 438 g/mol. The van der Waals surface area contributed by atoms with E-state index in [9.17, 15) is 4.79 Å². The van der Waals surface area contributed by atoms with Crippen molar-refractivity contribution >= 4 is 51.5 Å². The summed E-state index contributed by atoms with van der Waals surface area (Å²) < 4.78 is 1.77. The number of rotatable bonds is 5. The molecule has 0 fully saturated rings. The Hall–Kier alpha value is -4.43. The number of nitrogens with one attached hydrogen (secondary N) is 3. The van der Waals surface area contributed by atoms with Gasteiger partial charge >= 0.3 is 6.03 Å². The Morgan fingerprint density at radius 2 is 1.55 bits per heavy atom. The average Bonchev–Trinajstić information content (AvgIpc) is 3.28. The van der Waals surface area contributed by atoms with Gasteiger partial charge in [0.2, 0.25) is 0 Å². The highest BCUT2D eigenvalue weighted by Gasteiger charge is 2.11. The van der Waals surface area contributed by atoms with E-state index in [1.807, 2.05) is 42.5 Å². The Labute approximate surface area is 194 Å². The molecule has 3 N–H and O–H groups in total. The molecule has 9 heteroatoms. The van der Waals surface area contributed by atoms with E-state index >= 15 is 0 Å². The molecule has 0 aliphatic carbocycles. The smallest absolute Gasteiger partial charge is 0.323 e. The topological polar surface area (TPSA) is 96.8 Å². The summed E-state index contributed by atoms with van der Waals surface area (Å²) in [4.78, 5) is 21.0. The minimum absolute atomic E-state index is 0.380. The van der Waals surface area contributed by atoms with Crippen LogP contribution in [0.4, 0.5) is 27.7 Å². The summed E-state index contributed by atoms with van der Waals surface area (Å²) in [5.41, 5.74) is 3.60. The molecule has 0 saturated heterocycles. The number of para-hydroxylation sites is 2. The van der Waals surface area contributed by atoms with E-state index in [4.69, 9.17) is 11.6 Å². The largest absolute Gasteiger partial charge is 0.340 e. The SMILES string of the molecule is O=C(Nc1ccc(Nc2ncnc3c2cnn3-c2ccccc2)cc1)Nc1ccccc1Cl. The van der Waals surface area contributed by atoms with Crippen molar-refractivity contribution in [1.29, 1.82) is 0 Å². The maximum atomic E-state index is 12.3. The van der Waals surface area contributed by atoms with Gasteiger partial charge in [0.1, 0.15) is 12.1 Å². The summed E-state index contributed by atoms with van der Waals surface area (Å²) in [6.45, 7) is 0. The molecule has 0 spiro atoms. The molecule has 0 unspecified atom stereocenters. The molecule has 0 saturated carbocycles. The lowest BCUT2D eigenvalue weighted by atomic mass is 10.2. The zero-order valence-corrected chi connectivity index (χ0v) is 18.0. The number of urea groups is 1. The van der Waals surface area contributed by atoms with Crippen molar-refractivity contribution in [3.63, 3.8) is 0 Å². The van der Waals surface area contributed by atoms with Gasteiger partial charge in [-0.05, 0) is 48.5 Å². The number of aromatic nitrogens is 4. The van der Waals surface area contributed by atoms with E-state index in [1.165, 1.54) is 6.33 Å². The predicted molar refractivity (Wildman–Crippen MR) is 130 cm³/mol. The Balaban J connectivity index is 1.30. The maximum Gasteiger partial charge on any atom is 0.323 e. The zero-order chi connectivity index (χ0) is 22.6. The van der Waals surface area contributed by atoms with E-state index < -0.39 is 0 Å². The highest BCUT2D eigenvalue weighted by molar-refractivity contribution is 6.33. The highest BCUT2D eigenvalue weighted by Crippen LogP contribution is 2.25. The summed E-state index contributed by atoms with van der Waals surface area (Å²) in [7, 11) is 0. The Bertz CT molecular complexity index is 1420. The molecule has 0 aliphatic rings. The molecule has 0 atom stereocenters. The number of nitrogens with zero attached hydrogens (tertiary/aromatic N) is 4. The fraction of sp³-hybridized carbons (Fsp3) is 0.